The predicted molar refractivity (Wildman–Crippen MR) is 48.6 cm³/mol. The molecule has 0 amide bonds. The maximum atomic E-state index is 10.8. The van der Waals surface area contributed by atoms with Gasteiger partial charge in [0.15, 0.2) is 0 Å². The Morgan fingerprint density at radius 2 is 2.15 bits per heavy atom. The van der Waals surface area contributed by atoms with Crippen molar-refractivity contribution in [3.63, 3.8) is 0 Å². The Labute approximate surface area is 82.0 Å². The molecular formula is C7H12ClNO4. The molecular weight excluding hydrogens is 198 g/mol. The Bertz CT molecular complexity index is 195. The van der Waals surface area contributed by atoms with Gasteiger partial charge in [-0.15, -0.1) is 12.4 Å². The normalized spacial score (nSPS) is 10.8. The van der Waals surface area contributed by atoms with Crippen LogP contribution in [0.15, 0.2) is 12.7 Å². The van der Waals surface area contributed by atoms with Gasteiger partial charge in [0.05, 0.1) is 6.42 Å². The van der Waals surface area contributed by atoms with Gasteiger partial charge in [-0.3, -0.25) is 9.59 Å². The van der Waals surface area contributed by atoms with Crippen LogP contribution in [0, 0.1) is 0 Å². The summed E-state index contributed by atoms with van der Waals surface area (Å²) in [6.07, 6.45) is 0.960. The fourth-order valence-electron chi connectivity index (χ4n) is 0.520. The number of rotatable bonds is 5. The number of ether oxygens (including phenoxy) is 1. The third-order valence-electron chi connectivity index (χ3n) is 1.04. The van der Waals surface area contributed by atoms with Crippen LogP contribution in [-0.2, 0) is 14.3 Å². The summed E-state index contributed by atoms with van der Waals surface area (Å²) in [6.45, 7) is 3.37. The predicted octanol–water partition coefficient (Wildman–Crippen LogP) is -0.0606. The minimum Gasteiger partial charge on any atom is -0.481 e. The molecule has 0 unspecified atom stereocenters. The highest BCUT2D eigenvalue weighted by molar-refractivity contribution is 5.85. The maximum Gasteiger partial charge on any atom is 0.323 e. The van der Waals surface area contributed by atoms with E-state index in [0.717, 1.165) is 0 Å². The molecule has 0 aromatic heterocycles. The van der Waals surface area contributed by atoms with Crippen LogP contribution in [0.2, 0.25) is 0 Å². The summed E-state index contributed by atoms with van der Waals surface area (Å²) in [5, 5.41) is 8.25. The average Bonchev–Trinajstić information content (AvgIpc) is 1.98. The first-order valence-corrected chi connectivity index (χ1v) is 3.32. The van der Waals surface area contributed by atoms with Gasteiger partial charge in [-0.1, -0.05) is 12.7 Å². The van der Waals surface area contributed by atoms with E-state index in [1.807, 2.05) is 0 Å². The smallest absolute Gasteiger partial charge is 0.323 e. The van der Waals surface area contributed by atoms with Crippen LogP contribution in [0.1, 0.15) is 6.42 Å². The number of hydrogen-bond acceptors (Lipinski definition) is 4. The highest BCUT2D eigenvalue weighted by Crippen LogP contribution is 1.92. The first-order chi connectivity index (χ1) is 5.57. The highest BCUT2D eigenvalue weighted by Gasteiger charge is 2.17. The summed E-state index contributed by atoms with van der Waals surface area (Å²) in [4.78, 5) is 20.9. The minimum atomic E-state index is -1.13. The Hall–Kier alpha value is -1.07. The third kappa shape index (κ3) is 7.30. The number of nitrogens with two attached hydrogens (primary N) is 1. The van der Waals surface area contributed by atoms with E-state index >= 15 is 0 Å². The second-order valence-electron chi connectivity index (χ2n) is 2.12. The lowest BCUT2D eigenvalue weighted by Gasteiger charge is -2.06. The first kappa shape index (κ1) is 14.5. The fourth-order valence-corrected chi connectivity index (χ4v) is 0.520. The van der Waals surface area contributed by atoms with Gasteiger partial charge in [-0.05, 0) is 0 Å². The standard InChI is InChI=1S/C7H11NO4.ClH/c1-2-3-12-7(11)5(8)4-6(9)10;/h2,5H,1,3-4,8H2,(H,9,10);1H/t5-;/m1./s1. The van der Waals surface area contributed by atoms with E-state index in [4.69, 9.17) is 10.8 Å². The van der Waals surface area contributed by atoms with Crippen LogP contribution in [0.25, 0.3) is 0 Å². The van der Waals surface area contributed by atoms with Crippen LogP contribution in [0.4, 0.5) is 0 Å². The van der Waals surface area contributed by atoms with Gasteiger partial charge < -0.3 is 15.6 Å². The molecule has 0 heterocycles. The van der Waals surface area contributed by atoms with Gasteiger partial charge >= 0.3 is 11.9 Å². The quantitative estimate of drug-likeness (QED) is 0.489. The Morgan fingerprint density at radius 1 is 1.62 bits per heavy atom. The molecule has 0 saturated heterocycles. The lowest BCUT2D eigenvalue weighted by molar-refractivity contribution is -0.148. The summed E-state index contributed by atoms with van der Waals surface area (Å²) in [5.41, 5.74) is 5.17. The zero-order valence-corrected chi connectivity index (χ0v) is 7.75. The van der Waals surface area contributed by atoms with Crippen molar-refractivity contribution in [2.75, 3.05) is 6.61 Å². The van der Waals surface area contributed by atoms with E-state index in [-0.39, 0.29) is 19.0 Å². The number of carbonyl (C=O) groups is 2. The molecule has 5 nitrogen and oxygen atoms in total. The van der Waals surface area contributed by atoms with Crippen LogP contribution >= 0.6 is 12.4 Å². The molecule has 13 heavy (non-hydrogen) atoms. The molecule has 0 aliphatic rings. The molecule has 0 saturated carbocycles. The molecule has 0 spiro atoms. The van der Waals surface area contributed by atoms with Crippen LogP contribution in [0.5, 0.6) is 0 Å². The van der Waals surface area contributed by atoms with Crippen molar-refractivity contribution in [3.8, 4) is 0 Å². The molecule has 0 aromatic rings. The Kier molecular flexibility index (Phi) is 8.42. The number of hydrogen-bond donors (Lipinski definition) is 2. The van der Waals surface area contributed by atoms with Gasteiger partial charge in [0.2, 0.25) is 0 Å². The molecule has 76 valence electrons. The lowest BCUT2D eigenvalue weighted by atomic mass is 10.2. The summed E-state index contributed by atoms with van der Waals surface area (Å²) < 4.78 is 4.51. The topological polar surface area (TPSA) is 89.6 Å². The number of esters is 1. The van der Waals surface area contributed by atoms with Crippen molar-refractivity contribution < 1.29 is 19.4 Å². The molecule has 3 N–H and O–H groups in total. The molecule has 0 bridgehead atoms. The van der Waals surface area contributed by atoms with E-state index in [9.17, 15) is 9.59 Å². The molecule has 0 aliphatic heterocycles. The van der Waals surface area contributed by atoms with Crippen molar-refractivity contribution in [1.82, 2.24) is 0 Å². The summed E-state index contributed by atoms with van der Waals surface area (Å²) in [5.74, 6) is -1.85. The van der Waals surface area contributed by atoms with Gasteiger partial charge in [-0.25, -0.2) is 0 Å². The van der Waals surface area contributed by atoms with Crippen molar-refractivity contribution in [3.05, 3.63) is 12.7 Å². The molecule has 0 fully saturated rings. The molecule has 0 aromatic carbocycles. The van der Waals surface area contributed by atoms with Gasteiger partial charge in [0.1, 0.15) is 12.6 Å². The van der Waals surface area contributed by atoms with Crippen LogP contribution < -0.4 is 5.73 Å². The number of aliphatic carboxylic acids is 1. The number of carboxylic acid groups (broad SMARTS) is 1. The van der Waals surface area contributed by atoms with E-state index in [1.54, 1.807) is 0 Å². The van der Waals surface area contributed by atoms with E-state index in [1.165, 1.54) is 6.08 Å². The second kappa shape index (κ2) is 7.57. The minimum absolute atomic E-state index is 0. The van der Waals surface area contributed by atoms with E-state index in [0.29, 0.717) is 0 Å². The van der Waals surface area contributed by atoms with Crippen LogP contribution in [-0.4, -0.2) is 29.7 Å². The van der Waals surface area contributed by atoms with Gasteiger partial charge in [0, 0.05) is 0 Å². The van der Waals surface area contributed by atoms with Gasteiger partial charge in [0.25, 0.3) is 0 Å². The van der Waals surface area contributed by atoms with Crippen molar-refractivity contribution in [1.29, 1.82) is 0 Å². The van der Waals surface area contributed by atoms with Crippen LogP contribution in [0.3, 0.4) is 0 Å². The largest absolute Gasteiger partial charge is 0.481 e. The second-order valence-corrected chi connectivity index (χ2v) is 2.12. The van der Waals surface area contributed by atoms with E-state index < -0.39 is 24.4 Å². The fraction of sp³-hybridized carbons (Fsp3) is 0.429. The SMILES string of the molecule is C=CCOC(=O)[C@H](N)CC(=O)O.Cl. The van der Waals surface area contributed by atoms with Crippen molar-refractivity contribution in [2.45, 2.75) is 12.5 Å². The number of carbonyl (C=O) groups excluding carboxylic acids is 1. The monoisotopic (exact) mass is 209 g/mol. The molecule has 0 radical (unpaired) electrons. The first-order valence-electron chi connectivity index (χ1n) is 3.32. The third-order valence-corrected chi connectivity index (χ3v) is 1.04. The summed E-state index contributed by atoms with van der Waals surface area (Å²) in [6, 6.07) is -1.09. The zero-order chi connectivity index (χ0) is 9.56. The van der Waals surface area contributed by atoms with E-state index in [2.05, 4.69) is 11.3 Å². The number of carboxylic acids is 1. The molecule has 6 heteroatoms. The summed E-state index contributed by atoms with van der Waals surface area (Å²) >= 11 is 0. The van der Waals surface area contributed by atoms with Gasteiger partial charge in [-0.2, -0.15) is 0 Å². The Balaban J connectivity index is 0. The maximum absolute atomic E-state index is 10.8. The zero-order valence-electron chi connectivity index (χ0n) is 6.93. The number of halogens is 1. The lowest BCUT2D eigenvalue weighted by Crippen LogP contribution is -2.34. The Morgan fingerprint density at radius 3 is 2.54 bits per heavy atom. The van der Waals surface area contributed by atoms with Crippen molar-refractivity contribution >= 4 is 24.3 Å². The highest BCUT2D eigenvalue weighted by atomic mass is 35.5. The summed E-state index contributed by atoms with van der Waals surface area (Å²) in [7, 11) is 0. The average molecular weight is 210 g/mol. The van der Waals surface area contributed by atoms with Crippen molar-refractivity contribution in [2.24, 2.45) is 5.73 Å². The molecule has 0 rings (SSSR count). The molecule has 1 atom stereocenters. The molecule has 0 aliphatic carbocycles.